The Morgan fingerprint density at radius 2 is 1.97 bits per heavy atom. The molecule has 152 valence electrons. The highest BCUT2D eigenvalue weighted by atomic mass is 32.2. The molecule has 3 heterocycles. The van der Waals surface area contributed by atoms with Gasteiger partial charge in [-0.1, -0.05) is 23.4 Å². The molecule has 0 spiro atoms. The third-order valence-corrected chi connectivity index (χ3v) is 6.64. The SMILES string of the molecule is O=C(CCc1nc(-c2cccs2)no1)Nc1ccc(CCN2CCSCC2)cc1. The lowest BCUT2D eigenvalue weighted by Crippen LogP contribution is -2.34. The van der Waals surface area contributed by atoms with E-state index in [0.717, 1.165) is 23.5 Å². The monoisotopic (exact) mass is 428 g/mol. The highest BCUT2D eigenvalue weighted by molar-refractivity contribution is 7.99. The number of nitrogens with zero attached hydrogens (tertiary/aromatic N) is 3. The predicted octanol–water partition coefficient (Wildman–Crippen LogP) is 3.96. The molecule has 2 aromatic heterocycles. The lowest BCUT2D eigenvalue weighted by Gasteiger charge is -2.26. The Bertz CT molecular complexity index is 903. The van der Waals surface area contributed by atoms with Crippen molar-refractivity contribution in [3.63, 3.8) is 0 Å². The highest BCUT2D eigenvalue weighted by Crippen LogP contribution is 2.21. The molecule has 0 saturated carbocycles. The van der Waals surface area contributed by atoms with Gasteiger partial charge in [0.05, 0.1) is 4.88 Å². The Morgan fingerprint density at radius 3 is 2.72 bits per heavy atom. The number of thioether (sulfide) groups is 1. The first kappa shape index (κ1) is 20.1. The molecule has 8 heteroatoms. The molecule has 1 amide bonds. The molecule has 6 nitrogen and oxygen atoms in total. The quantitative estimate of drug-likeness (QED) is 0.586. The van der Waals surface area contributed by atoms with E-state index in [-0.39, 0.29) is 5.91 Å². The van der Waals surface area contributed by atoms with Crippen molar-refractivity contribution >= 4 is 34.7 Å². The minimum absolute atomic E-state index is 0.0561. The minimum Gasteiger partial charge on any atom is -0.339 e. The van der Waals surface area contributed by atoms with Gasteiger partial charge in [-0.2, -0.15) is 16.7 Å². The summed E-state index contributed by atoms with van der Waals surface area (Å²) in [6, 6.07) is 12.0. The van der Waals surface area contributed by atoms with E-state index in [1.54, 1.807) is 11.3 Å². The van der Waals surface area contributed by atoms with Crippen molar-refractivity contribution in [3.05, 3.63) is 53.2 Å². The van der Waals surface area contributed by atoms with E-state index in [9.17, 15) is 4.79 Å². The van der Waals surface area contributed by atoms with Crippen molar-refractivity contribution in [3.8, 4) is 10.7 Å². The first-order chi connectivity index (χ1) is 14.3. The first-order valence-electron chi connectivity index (χ1n) is 9.81. The number of nitrogens with one attached hydrogen (secondary N) is 1. The predicted molar refractivity (Wildman–Crippen MR) is 118 cm³/mol. The second kappa shape index (κ2) is 10.0. The van der Waals surface area contributed by atoms with Crippen molar-refractivity contribution in [2.24, 2.45) is 0 Å². The summed E-state index contributed by atoms with van der Waals surface area (Å²) >= 11 is 3.60. The fraction of sp³-hybridized carbons (Fsp3) is 0.381. The summed E-state index contributed by atoms with van der Waals surface area (Å²) in [6.45, 7) is 3.48. The fourth-order valence-electron chi connectivity index (χ4n) is 3.17. The maximum absolute atomic E-state index is 12.2. The number of carbonyl (C=O) groups is 1. The van der Waals surface area contributed by atoms with Crippen LogP contribution < -0.4 is 5.32 Å². The van der Waals surface area contributed by atoms with Gasteiger partial charge in [-0.05, 0) is 35.6 Å². The van der Waals surface area contributed by atoms with Crippen LogP contribution >= 0.6 is 23.1 Å². The third-order valence-electron chi connectivity index (χ3n) is 4.83. The second-order valence-electron chi connectivity index (χ2n) is 6.94. The molecule has 1 saturated heterocycles. The van der Waals surface area contributed by atoms with E-state index in [2.05, 4.69) is 32.5 Å². The summed E-state index contributed by atoms with van der Waals surface area (Å²) in [7, 11) is 0. The molecular weight excluding hydrogens is 404 g/mol. The van der Waals surface area contributed by atoms with Gasteiger partial charge in [0, 0.05) is 49.7 Å². The van der Waals surface area contributed by atoms with Gasteiger partial charge in [0.1, 0.15) is 0 Å². The summed E-state index contributed by atoms with van der Waals surface area (Å²) < 4.78 is 5.24. The summed E-state index contributed by atoms with van der Waals surface area (Å²) in [5, 5.41) is 8.88. The van der Waals surface area contributed by atoms with Gasteiger partial charge in [0.2, 0.25) is 17.6 Å². The zero-order valence-corrected chi connectivity index (χ0v) is 17.8. The minimum atomic E-state index is -0.0561. The molecule has 0 aliphatic carbocycles. The van der Waals surface area contributed by atoms with Crippen LogP contribution in [0.25, 0.3) is 10.7 Å². The van der Waals surface area contributed by atoms with Gasteiger partial charge in [0.25, 0.3) is 0 Å². The Kier molecular flexibility index (Phi) is 6.97. The number of aryl methyl sites for hydroxylation is 1. The van der Waals surface area contributed by atoms with E-state index in [4.69, 9.17) is 4.52 Å². The van der Waals surface area contributed by atoms with Gasteiger partial charge in [-0.25, -0.2) is 0 Å². The van der Waals surface area contributed by atoms with Crippen molar-refractivity contribution < 1.29 is 9.32 Å². The molecule has 0 bridgehead atoms. The molecule has 1 fully saturated rings. The number of benzene rings is 1. The molecule has 3 aromatic rings. The van der Waals surface area contributed by atoms with Gasteiger partial charge in [-0.15, -0.1) is 11.3 Å². The fourth-order valence-corrected chi connectivity index (χ4v) is 4.80. The van der Waals surface area contributed by atoms with Crippen molar-refractivity contribution in [1.29, 1.82) is 0 Å². The molecule has 1 aliphatic rings. The standard InChI is InChI=1S/C21H24N4O2S2/c26-19(7-8-20-23-21(24-27-20)18-2-1-13-29-18)22-17-5-3-16(4-6-17)9-10-25-11-14-28-15-12-25/h1-6,13H,7-12,14-15H2,(H,22,26). The number of aromatic nitrogens is 2. The summed E-state index contributed by atoms with van der Waals surface area (Å²) in [5.41, 5.74) is 2.12. The first-order valence-corrected chi connectivity index (χ1v) is 11.8. The van der Waals surface area contributed by atoms with Crippen LogP contribution in [0.5, 0.6) is 0 Å². The average Bonchev–Trinajstić information content (AvgIpc) is 3.44. The van der Waals surface area contributed by atoms with Gasteiger partial charge in [-0.3, -0.25) is 4.79 Å². The molecule has 4 rings (SSSR count). The zero-order valence-electron chi connectivity index (χ0n) is 16.2. The summed E-state index contributed by atoms with van der Waals surface area (Å²) in [6.07, 6.45) is 1.78. The van der Waals surface area contributed by atoms with Crippen LogP contribution in [0.15, 0.2) is 46.3 Å². The van der Waals surface area contributed by atoms with Crippen LogP contribution in [0.2, 0.25) is 0 Å². The van der Waals surface area contributed by atoms with Crippen LogP contribution in [-0.4, -0.2) is 52.1 Å². The number of hydrogen-bond acceptors (Lipinski definition) is 7. The third kappa shape index (κ3) is 5.91. The zero-order chi connectivity index (χ0) is 19.9. The number of anilines is 1. The smallest absolute Gasteiger partial charge is 0.227 e. The number of amides is 1. The van der Waals surface area contributed by atoms with Crippen molar-refractivity contribution in [2.45, 2.75) is 19.3 Å². The van der Waals surface area contributed by atoms with Crippen molar-refractivity contribution in [1.82, 2.24) is 15.0 Å². The molecule has 1 N–H and O–H groups in total. The van der Waals surface area contributed by atoms with Gasteiger partial charge >= 0.3 is 0 Å². The summed E-state index contributed by atoms with van der Waals surface area (Å²) in [4.78, 5) is 20.1. The van der Waals surface area contributed by atoms with E-state index in [1.165, 1.54) is 30.2 Å². The number of carbonyl (C=O) groups excluding carboxylic acids is 1. The molecule has 1 aliphatic heterocycles. The number of thiophene rings is 1. The molecule has 29 heavy (non-hydrogen) atoms. The molecule has 1 aromatic carbocycles. The van der Waals surface area contributed by atoms with Crippen LogP contribution in [-0.2, 0) is 17.6 Å². The Hall–Kier alpha value is -2.16. The lowest BCUT2D eigenvalue weighted by molar-refractivity contribution is -0.116. The van der Waals surface area contributed by atoms with Crippen LogP contribution in [0.1, 0.15) is 17.9 Å². The molecular formula is C21H24N4O2S2. The van der Waals surface area contributed by atoms with E-state index in [0.29, 0.717) is 24.6 Å². The van der Waals surface area contributed by atoms with Crippen LogP contribution in [0, 0.1) is 0 Å². The Balaban J connectivity index is 1.21. The topological polar surface area (TPSA) is 71.3 Å². The number of hydrogen-bond donors (Lipinski definition) is 1. The maximum atomic E-state index is 12.2. The van der Waals surface area contributed by atoms with E-state index < -0.39 is 0 Å². The average molecular weight is 429 g/mol. The maximum Gasteiger partial charge on any atom is 0.227 e. The number of rotatable bonds is 8. The second-order valence-corrected chi connectivity index (χ2v) is 9.11. The normalized spacial score (nSPS) is 14.8. The largest absolute Gasteiger partial charge is 0.339 e. The van der Waals surface area contributed by atoms with Gasteiger partial charge < -0.3 is 14.7 Å². The van der Waals surface area contributed by atoms with Crippen LogP contribution in [0.3, 0.4) is 0 Å². The van der Waals surface area contributed by atoms with Crippen LogP contribution in [0.4, 0.5) is 5.69 Å². The molecule has 0 radical (unpaired) electrons. The van der Waals surface area contributed by atoms with E-state index >= 15 is 0 Å². The van der Waals surface area contributed by atoms with E-state index in [1.807, 2.05) is 41.4 Å². The summed E-state index contributed by atoms with van der Waals surface area (Å²) in [5.74, 6) is 3.48. The van der Waals surface area contributed by atoms with Gasteiger partial charge in [0.15, 0.2) is 0 Å². The highest BCUT2D eigenvalue weighted by Gasteiger charge is 2.12. The molecule has 0 atom stereocenters. The van der Waals surface area contributed by atoms with Crippen molar-refractivity contribution in [2.75, 3.05) is 36.5 Å². The molecule has 0 unspecified atom stereocenters. The lowest BCUT2D eigenvalue weighted by atomic mass is 10.1. The Labute approximate surface area is 178 Å². The Morgan fingerprint density at radius 1 is 1.14 bits per heavy atom.